The average molecular weight is 361 g/mol. The highest BCUT2D eigenvalue weighted by molar-refractivity contribution is 6.30. The Morgan fingerprint density at radius 3 is 2.64 bits per heavy atom. The number of allylic oxidation sites excluding steroid dienone is 2. The van der Waals surface area contributed by atoms with Gasteiger partial charge in [0.25, 0.3) is 0 Å². The van der Waals surface area contributed by atoms with Crippen molar-refractivity contribution in [3.05, 3.63) is 51.7 Å². The van der Waals surface area contributed by atoms with Gasteiger partial charge in [0.05, 0.1) is 19.4 Å². The standard InChI is InChI=1S/C18H21ClN4O2/c19-16-5-1-13(2-6-16)11-14-3-4-15(12-21-22-18(20)24)17(14)23-7-9-25-10-8-23/h1-2,5-6,11-12H,3-4,7-10H2,(H3,20,22,24). The number of primary amides is 1. The number of urea groups is 1. The van der Waals surface area contributed by atoms with Crippen LogP contribution in [0, 0.1) is 0 Å². The van der Waals surface area contributed by atoms with Gasteiger partial charge in [0.2, 0.25) is 0 Å². The van der Waals surface area contributed by atoms with Gasteiger partial charge in [0.1, 0.15) is 0 Å². The summed E-state index contributed by atoms with van der Waals surface area (Å²) >= 11 is 5.97. The minimum atomic E-state index is -0.667. The number of nitrogens with two attached hydrogens (primary N) is 1. The number of ether oxygens (including phenoxy) is 1. The van der Waals surface area contributed by atoms with E-state index in [1.807, 2.05) is 24.3 Å². The average Bonchev–Trinajstić information content (AvgIpc) is 3.00. The van der Waals surface area contributed by atoms with Crippen LogP contribution >= 0.6 is 11.6 Å². The second-order valence-electron chi connectivity index (χ2n) is 5.93. The molecule has 0 radical (unpaired) electrons. The highest BCUT2D eigenvalue weighted by atomic mass is 35.5. The number of hydrogen-bond donors (Lipinski definition) is 2. The molecule has 1 aliphatic heterocycles. The molecule has 7 heteroatoms. The van der Waals surface area contributed by atoms with Gasteiger partial charge in [-0.25, -0.2) is 10.2 Å². The molecule has 25 heavy (non-hydrogen) atoms. The van der Waals surface area contributed by atoms with Crippen LogP contribution in [0.2, 0.25) is 5.02 Å². The quantitative estimate of drug-likeness (QED) is 0.640. The predicted octanol–water partition coefficient (Wildman–Crippen LogP) is 2.76. The topological polar surface area (TPSA) is 80.0 Å². The molecule has 3 N–H and O–H groups in total. The van der Waals surface area contributed by atoms with Gasteiger partial charge in [-0.1, -0.05) is 23.7 Å². The second-order valence-corrected chi connectivity index (χ2v) is 6.37. The minimum Gasteiger partial charge on any atom is -0.378 e. The molecule has 6 nitrogen and oxygen atoms in total. The molecular weight excluding hydrogens is 340 g/mol. The number of nitrogens with zero attached hydrogens (tertiary/aromatic N) is 2. The highest BCUT2D eigenvalue weighted by Crippen LogP contribution is 2.35. The fourth-order valence-electron chi connectivity index (χ4n) is 3.11. The molecular formula is C18H21ClN4O2. The monoisotopic (exact) mass is 360 g/mol. The van der Waals surface area contributed by atoms with Crippen LogP contribution in [-0.2, 0) is 4.74 Å². The van der Waals surface area contributed by atoms with Crippen LogP contribution in [0.25, 0.3) is 6.08 Å². The molecule has 0 atom stereocenters. The molecule has 0 aromatic heterocycles. The van der Waals surface area contributed by atoms with Gasteiger partial charge < -0.3 is 15.4 Å². The van der Waals surface area contributed by atoms with Crippen molar-refractivity contribution in [1.82, 2.24) is 10.3 Å². The first-order valence-corrected chi connectivity index (χ1v) is 8.62. The van der Waals surface area contributed by atoms with Crippen LogP contribution in [-0.4, -0.2) is 43.4 Å². The lowest BCUT2D eigenvalue weighted by Crippen LogP contribution is -2.36. The third kappa shape index (κ3) is 4.61. The number of morpholine rings is 1. The third-order valence-electron chi connectivity index (χ3n) is 4.21. The summed E-state index contributed by atoms with van der Waals surface area (Å²) in [5.41, 5.74) is 12.0. The Bertz CT molecular complexity index is 719. The Kier molecular flexibility index (Phi) is 5.73. The van der Waals surface area contributed by atoms with Crippen LogP contribution in [0.3, 0.4) is 0 Å². The van der Waals surface area contributed by atoms with Gasteiger partial charge in [-0.15, -0.1) is 0 Å². The fraction of sp³-hybridized carbons (Fsp3) is 0.333. The number of hydrazone groups is 1. The van der Waals surface area contributed by atoms with Crippen molar-refractivity contribution in [2.45, 2.75) is 12.8 Å². The Labute approximate surface area is 152 Å². The maximum Gasteiger partial charge on any atom is 0.332 e. The second kappa shape index (κ2) is 8.18. The van der Waals surface area contributed by atoms with E-state index in [0.717, 1.165) is 42.1 Å². The Morgan fingerprint density at radius 1 is 1.24 bits per heavy atom. The van der Waals surface area contributed by atoms with Crippen molar-refractivity contribution >= 4 is 29.9 Å². The predicted molar refractivity (Wildman–Crippen MR) is 99.3 cm³/mol. The van der Waals surface area contributed by atoms with Gasteiger partial charge >= 0.3 is 6.03 Å². The molecule has 0 spiro atoms. The molecule has 3 rings (SSSR count). The first kappa shape index (κ1) is 17.5. The number of carbonyl (C=O) groups excluding carboxylic acids is 1. The van der Waals surface area contributed by atoms with Crippen LogP contribution < -0.4 is 11.2 Å². The number of halogens is 1. The molecule has 132 valence electrons. The SMILES string of the molecule is NC(=O)NN=CC1=C(N2CCOCC2)C(=Cc2ccc(Cl)cc2)CC1. The van der Waals surface area contributed by atoms with Gasteiger partial charge in [-0.2, -0.15) is 5.10 Å². The molecule has 1 fully saturated rings. The number of carbonyl (C=O) groups is 1. The number of amides is 2. The Morgan fingerprint density at radius 2 is 1.96 bits per heavy atom. The first-order chi connectivity index (χ1) is 12.1. The number of rotatable bonds is 4. The summed E-state index contributed by atoms with van der Waals surface area (Å²) in [4.78, 5) is 13.1. The molecule has 1 aromatic carbocycles. The Hall–Kier alpha value is -2.31. The molecule has 1 heterocycles. The highest BCUT2D eigenvalue weighted by Gasteiger charge is 2.25. The molecule has 0 saturated carbocycles. The summed E-state index contributed by atoms with van der Waals surface area (Å²) in [6, 6.07) is 7.13. The summed E-state index contributed by atoms with van der Waals surface area (Å²) in [6.45, 7) is 3.10. The fourth-order valence-corrected chi connectivity index (χ4v) is 3.23. The molecule has 1 aromatic rings. The van der Waals surface area contributed by atoms with Crippen LogP contribution in [0.1, 0.15) is 18.4 Å². The van der Waals surface area contributed by atoms with Gasteiger partial charge in [-0.3, -0.25) is 0 Å². The summed E-state index contributed by atoms with van der Waals surface area (Å²) in [7, 11) is 0. The van der Waals surface area contributed by atoms with Crippen LogP contribution in [0.5, 0.6) is 0 Å². The van der Waals surface area contributed by atoms with Gasteiger partial charge in [0.15, 0.2) is 0 Å². The lowest BCUT2D eigenvalue weighted by molar-refractivity contribution is 0.0548. The summed E-state index contributed by atoms with van der Waals surface area (Å²) in [6.07, 6.45) is 5.67. The van der Waals surface area contributed by atoms with Crippen molar-refractivity contribution in [3.63, 3.8) is 0 Å². The molecule has 0 unspecified atom stereocenters. The zero-order valence-corrected chi connectivity index (χ0v) is 14.6. The van der Waals surface area contributed by atoms with E-state index in [1.165, 1.54) is 11.3 Å². The van der Waals surface area contributed by atoms with E-state index in [0.29, 0.717) is 13.2 Å². The number of hydrogen-bond acceptors (Lipinski definition) is 4. The molecule has 2 amide bonds. The van der Waals surface area contributed by atoms with E-state index in [-0.39, 0.29) is 0 Å². The Balaban J connectivity index is 1.90. The van der Waals surface area contributed by atoms with Crippen molar-refractivity contribution in [1.29, 1.82) is 0 Å². The number of nitrogens with one attached hydrogen (secondary N) is 1. The molecule has 2 aliphatic rings. The van der Waals surface area contributed by atoms with Crippen LogP contribution in [0.4, 0.5) is 4.79 Å². The third-order valence-corrected chi connectivity index (χ3v) is 4.46. The summed E-state index contributed by atoms with van der Waals surface area (Å²) < 4.78 is 5.47. The van der Waals surface area contributed by atoms with Gasteiger partial charge in [0, 0.05) is 23.8 Å². The normalized spacial score (nSPS) is 19.9. The maximum atomic E-state index is 10.8. The number of benzene rings is 1. The minimum absolute atomic E-state index is 0.667. The van der Waals surface area contributed by atoms with E-state index < -0.39 is 6.03 Å². The first-order valence-electron chi connectivity index (χ1n) is 8.24. The summed E-state index contributed by atoms with van der Waals surface area (Å²) in [5.74, 6) is 0. The van der Waals surface area contributed by atoms with E-state index >= 15 is 0 Å². The van der Waals surface area contributed by atoms with E-state index in [4.69, 9.17) is 22.1 Å². The zero-order valence-electron chi connectivity index (χ0n) is 13.9. The molecule has 1 aliphatic carbocycles. The largest absolute Gasteiger partial charge is 0.378 e. The smallest absolute Gasteiger partial charge is 0.332 e. The molecule has 0 bridgehead atoms. The van der Waals surface area contributed by atoms with Crippen molar-refractivity contribution in [3.8, 4) is 0 Å². The van der Waals surface area contributed by atoms with E-state index in [2.05, 4.69) is 21.5 Å². The molecule has 1 saturated heterocycles. The van der Waals surface area contributed by atoms with Crippen LogP contribution in [0.15, 0.2) is 46.2 Å². The van der Waals surface area contributed by atoms with E-state index in [1.54, 1.807) is 6.21 Å². The maximum absolute atomic E-state index is 10.8. The van der Waals surface area contributed by atoms with Gasteiger partial charge in [-0.05, 0) is 47.8 Å². The summed E-state index contributed by atoms with van der Waals surface area (Å²) in [5, 5.41) is 4.67. The van der Waals surface area contributed by atoms with Crippen molar-refractivity contribution in [2.75, 3.05) is 26.3 Å². The van der Waals surface area contributed by atoms with Crippen molar-refractivity contribution < 1.29 is 9.53 Å². The zero-order chi connectivity index (χ0) is 17.6. The lowest BCUT2D eigenvalue weighted by Gasteiger charge is -2.31. The lowest BCUT2D eigenvalue weighted by atomic mass is 10.1. The van der Waals surface area contributed by atoms with E-state index in [9.17, 15) is 4.79 Å². The van der Waals surface area contributed by atoms with Crippen molar-refractivity contribution in [2.24, 2.45) is 10.8 Å².